The van der Waals surface area contributed by atoms with Crippen molar-refractivity contribution in [3.05, 3.63) is 41.0 Å². The highest BCUT2D eigenvalue weighted by Crippen LogP contribution is 2.47. The topological polar surface area (TPSA) is 120 Å². The first-order valence-corrected chi connectivity index (χ1v) is 13.3. The van der Waals surface area contributed by atoms with E-state index in [1.54, 1.807) is 19.4 Å². The van der Waals surface area contributed by atoms with Crippen molar-refractivity contribution in [2.75, 3.05) is 57.8 Å². The average molecular weight is 589 g/mol. The molecule has 212 valence electrons. The number of nitrogens with one attached hydrogen (secondary N) is 2. The second-order valence-corrected chi connectivity index (χ2v) is 10.6. The lowest BCUT2D eigenvalue weighted by atomic mass is 9.96. The van der Waals surface area contributed by atoms with E-state index >= 15 is 0 Å². The van der Waals surface area contributed by atoms with Crippen LogP contribution in [0.2, 0.25) is 10.0 Å². The number of amides is 1. The molecule has 0 bridgehead atoms. The molecule has 2 atom stereocenters. The predicted molar refractivity (Wildman–Crippen MR) is 154 cm³/mol. The van der Waals surface area contributed by atoms with Gasteiger partial charge in [-0.1, -0.05) is 29.8 Å². The Morgan fingerprint density at radius 1 is 1.12 bits per heavy atom. The van der Waals surface area contributed by atoms with Crippen LogP contribution in [0.25, 0.3) is 22.2 Å². The van der Waals surface area contributed by atoms with Crippen molar-refractivity contribution in [3.63, 3.8) is 0 Å². The fourth-order valence-electron chi connectivity index (χ4n) is 4.84. The largest absolute Gasteiger partial charge is 0.495 e. The molecule has 2 aliphatic rings. The van der Waals surface area contributed by atoms with Gasteiger partial charge in [0.05, 0.1) is 73.9 Å². The molecule has 0 unspecified atom stereocenters. The Hall–Kier alpha value is -3.38. The highest BCUT2D eigenvalue weighted by Gasteiger charge is 2.41. The molecule has 2 fully saturated rings. The van der Waals surface area contributed by atoms with Crippen LogP contribution in [0.1, 0.15) is 6.92 Å². The number of fused-ring (bicyclic) bond motifs is 1. The number of ether oxygens (including phenoxy) is 4. The van der Waals surface area contributed by atoms with Gasteiger partial charge >= 0.3 is 0 Å². The second-order valence-electron chi connectivity index (χ2n) is 9.86. The van der Waals surface area contributed by atoms with E-state index in [1.807, 2.05) is 13.0 Å². The molecule has 0 radical (unpaired) electrons. The Kier molecular flexibility index (Phi) is 7.92. The number of carbonyl (C=O) groups is 1. The summed E-state index contributed by atoms with van der Waals surface area (Å²) in [5.74, 6) is 1.55. The van der Waals surface area contributed by atoms with Gasteiger partial charge in [0.1, 0.15) is 17.0 Å². The summed E-state index contributed by atoms with van der Waals surface area (Å²) in [5, 5.41) is 7.51. The summed E-state index contributed by atoms with van der Waals surface area (Å²) >= 11 is 13.5. The third-order valence-corrected chi connectivity index (χ3v) is 7.88. The normalized spacial score (nSPS) is 19.7. The molecular weight excluding hydrogens is 559 g/mol. The number of hydrogen-bond acceptors (Lipinski definition) is 10. The quantitative estimate of drug-likeness (QED) is 0.358. The van der Waals surface area contributed by atoms with Gasteiger partial charge in [-0.25, -0.2) is 15.0 Å². The lowest BCUT2D eigenvalue weighted by Crippen LogP contribution is -2.61. The highest BCUT2D eigenvalue weighted by molar-refractivity contribution is 6.41. The molecule has 1 aromatic carbocycles. The lowest BCUT2D eigenvalue weighted by molar-refractivity contribution is -0.117. The number of benzene rings is 1. The Bertz CT molecular complexity index is 1440. The monoisotopic (exact) mass is 588 g/mol. The predicted octanol–water partition coefficient (Wildman–Crippen LogP) is 3.72. The maximum atomic E-state index is 11.9. The molecule has 0 saturated carbocycles. The van der Waals surface area contributed by atoms with E-state index in [9.17, 15) is 4.79 Å². The molecule has 11 nitrogen and oxygen atoms in total. The summed E-state index contributed by atoms with van der Waals surface area (Å²) in [6.45, 7) is 7.53. The van der Waals surface area contributed by atoms with Gasteiger partial charge in [-0.2, -0.15) is 0 Å². The zero-order valence-electron chi connectivity index (χ0n) is 22.6. The summed E-state index contributed by atoms with van der Waals surface area (Å²) in [7, 11) is 4.74. The van der Waals surface area contributed by atoms with Gasteiger partial charge in [0, 0.05) is 30.3 Å². The molecule has 40 heavy (non-hydrogen) atoms. The van der Waals surface area contributed by atoms with E-state index in [-0.39, 0.29) is 23.6 Å². The first-order chi connectivity index (χ1) is 19.2. The molecule has 2 N–H and O–H groups in total. The zero-order chi connectivity index (χ0) is 28.6. The second kappa shape index (κ2) is 11.2. The molecule has 3 aromatic rings. The first-order valence-electron chi connectivity index (χ1n) is 12.6. The fraction of sp³-hybridized carbons (Fsp3) is 0.407. The van der Waals surface area contributed by atoms with Gasteiger partial charge in [-0.3, -0.25) is 4.79 Å². The number of pyridine rings is 1. The van der Waals surface area contributed by atoms with E-state index in [0.717, 1.165) is 5.39 Å². The average Bonchev–Trinajstić information content (AvgIpc) is 3.37. The maximum Gasteiger partial charge on any atom is 0.243 e. The summed E-state index contributed by atoms with van der Waals surface area (Å²) in [5.41, 5.74) is 1.31. The smallest absolute Gasteiger partial charge is 0.243 e. The van der Waals surface area contributed by atoms with Crippen LogP contribution in [0.4, 0.5) is 11.8 Å². The first kappa shape index (κ1) is 28.2. The fourth-order valence-corrected chi connectivity index (χ4v) is 5.53. The molecule has 0 spiro atoms. The summed E-state index contributed by atoms with van der Waals surface area (Å²) in [4.78, 5) is 28.3. The Morgan fingerprint density at radius 3 is 2.42 bits per heavy atom. The molecule has 4 heterocycles. The minimum Gasteiger partial charge on any atom is -0.495 e. The van der Waals surface area contributed by atoms with E-state index in [1.165, 1.54) is 20.3 Å². The van der Waals surface area contributed by atoms with Crippen molar-refractivity contribution in [3.8, 4) is 22.8 Å². The molecule has 2 aliphatic heterocycles. The van der Waals surface area contributed by atoms with Gasteiger partial charge in [0.15, 0.2) is 5.82 Å². The van der Waals surface area contributed by atoms with Gasteiger partial charge in [0.25, 0.3) is 0 Å². The number of rotatable bonds is 9. The summed E-state index contributed by atoms with van der Waals surface area (Å²) < 4.78 is 22.2. The van der Waals surface area contributed by atoms with Gasteiger partial charge in [-0.05, 0) is 19.1 Å². The molecule has 0 aliphatic carbocycles. The molecule has 13 heteroatoms. The highest BCUT2D eigenvalue weighted by atomic mass is 35.5. The van der Waals surface area contributed by atoms with Crippen LogP contribution < -0.4 is 25.0 Å². The number of methoxy groups -OCH3 is 3. The molecule has 2 aromatic heterocycles. The number of halogens is 2. The molecule has 1 amide bonds. The van der Waals surface area contributed by atoms with Crippen LogP contribution in [0.5, 0.6) is 11.5 Å². The van der Waals surface area contributed by atoms with Crippen molar-refractivity contribution >= 4 is 51.8 Å². The van der Waals surface area contributed by atoms with Crippen molar-refractivity contribution in [1.82, 2.24) is 20.3 Å². The van der Waals surface area contributed by atoms with Gasteiger partial charge in [-0.15, -0.1) is 0 Å². The van der Waals surface area contributed by atoms with Gasteiger partial charge in [0.2, 0.25) is 11.9 Å². The van der Waals surface area contributed by atoms with E-state index in [2.05, 4.69) is 27.1 Å². The third kappa shape index (κ3) is 5.22. The Morgan fingerprint density at radius 2 is 1.80 bits per heavy atom. The minimum atomic E-state index is -0.315. The molecule has 2 saturated heterocycles. The Labute approximate surface area is 241 Å². The van der Waals surface area contributed by atoms with E-state index < -0.39 is 0 Å². The van der Waals surface area contributed by atoms with E-state index in [4.69, 9.17) is 52.1 Å². The number of aromatic nitrogens is 3. The number of nitrogens with zero attached hydrogens (tertiary/aromatic N) is 4. The number of hydrogen-bond donors (Lipinski definition) is 2. The standard InChI is InChI=1S/C27H30Cl2N6O5/c1-6-20(36)31-16-10-40-11-17(16)33-26-30-9-14-7-15(21-22(28)18(37-3)8-19(38-4)23(21)29)32-25(24(14)34-26)35-12-27(2,13-35)39-5/h6-9,16-17H,1,10-13H2,2-5H3,(H,31,36)(H,30,33,34)/t16-,17+/m0/s1. The Balaban J connectivity index is 1.58. The number of carbonyl (C=O) groups excluding carboxylic acids is 1. The van der Waals surface area contributed by atoms with Crippen molar-refractivity contribution in [2.45, 2.75) is 24.6 Å². The minimum absolute atomic E-state index is 0.223. The number of anilines is 2. The van der Waals surface area contributed by atoms with Crippen LogP contribution in [0, 0.1) is 0 Å². The van der Waals surface area contributed by atoms with E-state index in [0.29, 0.717) is 76.4 Å². The van der Waals surface area contributed by atoms with Crippen LogP contribution in [0.3, 0.4) is 0 Å². The van der Waals surface area contributed by atoms with Crippen molar-refractivity contribution in [1.29, 1.82) is 0 Å². The summed E-state index contributed by atoms with van der Waals surface area (Å²) in [6, 6.07) is 2.98. The molecule has 5 rings (SSSR count). The summed E-state index contributed by atoms with van der Waals surface area (Å²) in [6.07, 6.45) is 2.94. The maximum absolute atomic E-state index is 11.9. The SMILES string of the molecule is C=CC(=O)N[C@H]1COC[C@H]1Nc1ncc2cc(-c3c(Cl)c(OC)cc(OC)c3Cl)nc(N3CC(C)(OC)C3)c2n1. The van der Waals surface area contributed by atoms with Gasteiger partial charge < -0.3 is 34.5 Å². The van der Waals surface area contributed by atoms with Crippen LogP contribution >= 0.6 is 23.2 Å². The van der Waals surface area contributed by atoms with Crippen LogP contribution in [-0.4, -0.2) is 86.2 Å². The molecular formula is C27H30Cl2N6O5. The lowest BCUT2D eigenvalue weighted by Gasteiger charge is -2.47. The van der Waals surface area contributed by atoms with Crippen LogP contribution in [-0.2, 0) is 14.3 Å². The van der Waals surface area contributed by atoms with Crippen LogP contribution in [0.15, 0.2) is 31.0 Å². The third-order valence-electron chi connectivity index (χ3n) is 7.13. The zero-order valence-corrected chi connectivity index (χ0v) is 24.1. The van der Waals surface area contributed by atoms with Crippen molar-refractivity contribution in [2.24, 2.45) is 0 Å². The van der Waals surface area contributed by atoms with Crippen molar-refractivity contribution < 1.29 is 23.7 Å².